The first-order chi connectivity index (χ1) is 10.6. The molecule has 2 rings (SSSR count). The number of rotatable bonds is 6. The lowest BCUT2D eigenvalue weighted by Crippen LogP contribution is -2.12. The van der Waals surface area contributed by atoms with Crippen molar-refractivity contribution in [3.63, 3.8) is 0 Å². The second-order valence-electron chi connectivity index (χ2n) is 4.83. The van der Waals surface area contributed by atoms with Gasteiger partial charge in [-0.25, -0.2) is 0 Å². The third-order valence-electron chi connectivity index (χ3n) is 3.12. The van der Waals surface area contributed by atoms with Crippen molar-refractivity contribution in [1.29, 1.82) is 0 Å². The van der Waals surface area contributed by atoms with Gasteiger partial charge in [-0.15, -0.1) is 0 Å². The van der Waals surface area contributed by atoms with Crippen LogP contribution < -0.4 is 5.32 Å². The molecule has 0 unspecified atom stereocenters. The van der Waals surface area contributed by atoms with Crippen LogP contribution >= 0.6 is 0 Å². The van der Waals surface area contributed by atoms with E-state index in [2.05, 4.69) is 5.32 Å². The first-order valence-corrected chi connectivity index (χ1v) is 6.81. The van der Waals surface area contributed by atoms with Crippen LogP contribution in [0.1, 0.15) is 22.8 Å². The van der Waals surface area contributed by atoms with Crippen LogP contribution in [0.25, 0.3) is 0 Å². The molecular weight excluding hydrogens is 280 g/mol. The third kappa shape index (κ3) is 4.28. The van der Waals surface area contributed by atoms with Gasteiger partial charge in [-0.3, -0.25) is 14.9 Å². The minimum absolute atomic E-state index is 0.0283. The van der Waals surface area contributed by atoms with E-state index in [9.17, 15) is 14.9 Å². The Bertz CT molecular complexity index is 692. The molecule has 0 aliphatic heterocycles. The molecule has 1 N–H and O–H groups in total. The van der Waals surface area contributed by atoms with Gasteiger partial charge in [0.25, 0.3) is 5.69 Å². The number of carbonyl (C=O) groups excluding carboxylic acids is 1. The van der Waals surface area contributed by atoms with Crippen molar-refractivity contribution < 1.29 is 9.72 Å². The summed E-state index contributed by atoms with van der Waals surface area (Å²) in [6.45, 7) is 2.45. The summed E-state index contributed by atoms with van der Waals surface area (Å²) < 4.78 is 0. The summed E-state index contributed by atoms with van der Waals surface area (Å²) >= 11 is 0. The molecule has 0 heterocycles. The summed E-state index contributed by atoms with van der Waals surface area (Å²) in [7, 11) is 0. The smallest absolute Gasteiger partial charge is 0.269 e. The standard InChI is InChI=1S/C17H16N2O3/c1-13(18-12-14-5-3-2-4-6-14)11-17(20)15-7-9-16(10-8-15)19(21)22/h2-11,18H,12H2,1H3/b13-11-. The monoisotopic (exact) mass is 296 g/mol. The number of non-ortho nitro benzene ring substituents is 1. The number of carbonyl (C=O) groups is 1. The Morgan fingerprint density at radius 3 is 2.36 bits per heavy atom. The van der Waals surface area contributed by atoms with Gasteiger partial charge in [0.2, 0.25) is 0 Å². The Kier molecular flexibility index (Phi) is 5.03. The van der Waals surface area contributed by atoms with Crippen molar-refractivity contribution in [2.24, 2.45) is 0 Å². The van der Waals surface area contributed by atoms with Crippen LogP contribution in [0.5, 0.6) is 0 Å². The average molecular weight is 296 g/mol. The summed E-state index contributed by atoms with van der Waals surface area (Å²) in [5, 5.41) is 13.7. The summed E-state index contributed by atoms with van der Waals surface area (Å²) in [6, 6.07) is 15.4. The molecule has 0 atom stereocenters. The highest BCUT2D eigenvalue weighted by molar-refractivity contribution is 6.04. The molecule has 5 heteroatoms. The fraction of sp³-hybridized carbons (Fsp3) is 0.118. The molecule has 22 heavy (non-hydrogen) atoms. The second kappa shape index (κ2) is 7.17. The van der Waals surface area contributed by atoms with Crippen LogP contribution in [0.15, 0.2) is 66.4 Å². The molecule has 0 amide bonds. The number of nitro groups is 1. The minimum Gasteiger partial charge on any atom is -0.384 e. The SMILES string of the molecule is C/C(=C/C(=O)c1ccc([N+](=O)[O-])cc1)NCc1ccccc1. The number of allylic oxidation sites excluding steroid dienone is 2. The lowest BCUT2D eigenvalue weighted by Gasteiger charge is -2.06. The molecule has 0 saturated heterocycles. The number of hydrogen-bond acceptors (Lipinski definition) is 4. The average Bonchev–Trinajstić information content (AvgIpc) is 2.54. The van der Waals surface area contributed by atoms with E-state index >= 15 is 0 Å². The zero-order valence-electron chi connectivity index (χ0n) is 12.2. The van der Waals surface area contributed by atoms with Crippen molar-refractivity contribution in [2.45, 2.75) is 13.5 Å². The van der Waals surface area contributed by atoms with Crippen LogP contribution in [0.2, 0.25) is 0 Å². The van der Waals surface area contributed by atoms with Gasteiger partial charge in [0.1, 0.15) is 0 Å². The van der Waals surface area contributed by atoms with Crippen LogP contribution in [0, 0.1) is 10.1 Å². The third-order valence-corrected chi connectivity index (χ3v) is 3.12. The maximum absolute atomic E-state index is 12.1. The number of hydrogen-bond donors (Lipinski definition) is 1. The van der Waals surface area contributed by atoms with Gasteiger partial charge in [0.15, 0.2) is 5.78 Å². The Balaban J connectivity index is 1.98. The van der Waals surface area contributed by atoms with E-state index in [4.69, 9.17) is 0 Å². The van der Waals surface area contributed by atoms with Crippen LogP contribution in [0.4, 0.5) is 5.69 Å². The molecule has 0 fully saturated rings. The van der Waals surface area contributed by atoms with Crippen LogP contribution in [-0.4, -0.2) is 10.7 Å². The second-order valence-corrected chi connectivity index (χ2v) is 4.83. The Morgan fingerprint density at radius 2 is 1.77 bits per heavy atom. The molecule has 2 aromatic carbocycles. The first kappa shape index (κ1) is 15.4. The van der Waals surface area contributed by atoms with E-state index in [0.29, 0.717) is 12.1 Å². The van der Waals surface area contributed by atoms with Gasteiger partial charge in [-0.2, -0.15) is 0 Å². The van der Waals surface area contributed by atoms with Gasteiger partial charge in [0, 0.05) is 36.0 Å². The number of nitrogens with one attached hydrogen (secondary N) is 1. The lowest BCUT2D eigenvalue weighted by molar-refractivity contribution is -0.384. The molecule has 0 radical (unpaired) electrons. The van der Waals surface area contributed by atoms with Crippen molar-refractivity contribution in [2.75, 3.05) is 0 Å². The molecule has 0 aliphatic carbocycles. The topological polar surface area (TPSA) is 72.2 Å². The zero-order chi connectivity index (χ0) is 15.9. The van der Waals surface area contributed by atoms with E-state index in [1.807, 2.05) is 37.3 Å². The van der Waals surface area contributed by atoms with Gasteiger partial charge < -0.3 is 5.32 Å². The fourth-order valence-electron chi connectivity index (χ4n) is 1.92. The highest BCUT2D eigenvalue weighted by Crippen LogP contribution is 2.13. The highest BCUT2D eigenvalue weighted by atomic mass is 16.6. The van der Waals surface area contributed by atoms with Crippen molar-refractivity contribution in [3.8, 4) is 0 Å². The quantitative estimate of drug-likeness (QED) is 0.383. The molecule has 2 aromatic rings. The van der Waals surface area contributed by atoms with Crippen molar-refractivity contribution in [1.82, 2.24) is 5.32 Å². The number of ketones is 1. The zero-order valence-corrected chi connectivity index (χ0v) is 12.2. The summed E-state index contributed by atoms with van der Waals surface area (Å²) in [5.41, 5.74) is 2.26. The predicted molar refractivity (Wildman–Crippen MR) is 84.5 cm³/mol. The number of benzene rings is 2. The number of nitro benzene ring substituents is 1. The molecule has 0 saturated carbocycles. The van der Waals surface area contributed by atoms with Crippen LogP contribution in [-0.2, 0) is 6.54 Å². The molecule has 0 spiro atoms. The molecule has 0 aliphatic rings. The normalized spacial score (nSPS) is 11.0. The molecule has 0 aromatic heterocycles. The van der Waals surface area contributed by atoms with E-state index < -0.39 is 4.92 Å². The fourth-order valence-corrected chi connectivity index (χ4v) is 1.92. The largest absolute Gasteiger partial charge is 0.384 e. The lowest BCUT2D eigenvalue weighted by atomic mass is 10.1. The number of nitrogens with zero attached hydrogens (tertiary/aromatic N) is 1. The summed E-state index contributed by atoms with van der Waals surface area (Å²) in [5.74, 6) is -0.187. The molecule has 0 bridgehead atoms. The Morgan fingerprint density at radius 1 is 1.14 bits per heavy atom. The minimum atomic E-state index is -0.489. The van der Waals surface area contributed by atoms with Gasteiger partial charge >= 0.3 is 0 Å². The molecule has 112 valence electrons. The molecule has 5 nitrogen and oxygen atoms in total. The van der Waals surface area contributed by atoms with Gasteiger partial charge in [-0.1, -0.05) is 30.3 Å². The Hall–Kier alpha value is -2.95. The maximum Gasteiger partial charge on any atom is 0.269 e. The van der Waals surface area contributed by atoms with E-state index in [1.165, 1.54) is 30.3 Å². The summed E-state index contributed by atoms with van der Waals surface area (Å²) in [4.78, 5) is 22.2. The Labute approximate surface area is 128 Å². The maximum atomic E-state index is 12.1. The van der Waals surface area contributed by atoms with E-state index in [1.54, 1.807) is 0 Å². The first-order valence-electron chi connectivity index (χ1n) is 6.81. The van der Waals surface area contributed by atoms with Crippen LogP contribution in [0.3, 0.4) is 0 Å². The predicted octanol–water partition coefficient (Wildman–Crippen LogP) is 3.47. The highest BCUT2D eigenvalue weighted by Gasteiger charge is 2.08. The van der Waals surface area contributed by atoms with Gasteiger partial charge in [-0.05, 0) is 24.6 Å². The van der Waals surface area contributed by atoms with E-state index in [0.717, 1.165) is 11.3 Å². The van der Waals surface area contributed by atoms with E-state index in [-0.39, 0.29) is 11.5 Å². The van der Waals surface area contributed by atoms with Crippen molar-refractivity contribution >= 4 is 11.5 Å². The summed E-state index contributed by atoms with van der Waals surface area (Å²) in [6.07, 6.45) is 1.49. The van der Waals surface area contributed by atoms with Gasteiger partial charge in [0.05, 0.1) is 4.92 Å². The van der Waals surface area contributed by atoms with Crippen molar-refractivity contribution in [3.05, 3.63) is 87.6 Å². The molecular formula is C17H16N2O3.